The molecule has 0 spiro atoms. The number of esters is 1. The molecule has 0 saturated heterocycles. The summed E-state index contributed by atoms with van der Waals surface area (Å²) >= 11 is 0. The summed E-state index contributed by atoms with van der Waals surface area (Å²) in [7, 11) is 0. The average Bonchev–Trinajstić information content (AvgIpc) is 2.20. The predicted octanol–water partition coefficient (Wildman–Crippen LogP) is -0.227. The van der Waals surface area contributed by atoms with Gasteiger partial charge in [0.1, 0.15) is 6.61 Å². The van der Waals surface area contributed by atoms with Crippen molar-refractivity contribution >= 4 is 5.97 Å². The van der Waals surface area contributed by atoms with Crippen LogP contribution in [-0.2, 0) is 9.53 Å². The molecule has 5 heteroatoms. The molecule has 0 amide bonds. The van der Waals surface area contributed by atoms with E-state index in [9.17, 15) is 4.79 Å². The van der Waals surface area contributed by atoms with Gasteiger partial charge in [-0.15, -0.1) is 0 Å². The van der Waals surface area contributed by atoms with Gasteiger partial charge in [0.2, 0.25) is 0 Å². The summed E-state index contributed by atoms with van der Waals surface area (Å²) in [4.78, 5) is 11.1. The fourth-order valence-corrected chi connectivity index (χ4v) is 0.919. The zero-order chi connectivity index (χ0) is 11.9. The van der Waals surface area contributed by atoms with Gasteiger partial charge in [0.05, 0.1) is 18.6 Å². The van der Waals surface area contributed by atoms with E-state index in [-0.39, 0.29) is 19.8 Å². The molecule has 0 atom stereocenters. The summed E-state index contributed by atoms with van der Waals surface area (Å²) in [5.74, 6) is -0.560. The van der Waals surface area contributed by atoms with Crippen LogP contribution < -0.4 is 5.73 Å². The molecule has 0 fully saturated rings. The summed E-state index contributed by atoms with van der Waals surface area (Å²) < 4.78 is 4.88. The highest BCUT2D eigenvalue weighted by Crippen LogP contribution is 2.20. The van der Waals surface area contributed by atoms with Gasteiger partial charge in [-0.2, -0.15) is 0 Å². The summed E-state index contributed by atoms with van der Waals surface area (Å²) in [6, 6.07) is 0. The summed E-state index contributed by atoms with van der Waals surface area (Å²) in [5, 5.41) is 18.2. The lowest BCUT2D eigenvalue weighted by Crippen LogP contribution is -2.35. The number of carbonyl (C=O) groups is 1. The van der Waals surface area contributed by atoms with Crippen molar-refractivity contribution in [3.05, 3.63) is 11.8 Å². The predicted molar refractivity (Wildman–Crippen MR) is 55.8 cm³/mol. The van der Waals surface area contributed by atoms with Crippen molar-refractivity contribution in [1.82, 2.24) is 0 Å². The maximum atomic E-state index is 11.1. The minimum Gasteiger partial charge on any atom is -0.462 e. The van der Waals surface area contributed by atoms with Gasteiger partial charge in [0.15, 0.2) is 0 Å². The Hall–Kier alpha value is -1.07. The smallest absolute Gasteiger partial charge is 0.332 e. The van der Waals surface area contributed by atoms with Crippen molar-refractivity contribution in [2.24, 2.45) is 11.1 Å². The molecule has 0 radical (unpaired) electrons. The van der Waals surface area contributed by atoms with E-state index in [0.29, 0.717) is 12.1 Å². The second-order valence-corrected chi connectivity index (χ2v) is 3.67. The molecular formula is C10H19NO4. The van der Waals surface area contributed by atoms with Crippen LogP contribution in [0.5, 0.6) is 0 Å². The molecule has 0 unspecified atom stereocenters. The first-order valence-electron chi connectivity index (χ1n) is 4.82. The van der Waals surface area contributed by atoms with Crippen molar-refractivity contribution in [2.45, 2.75) is 20.3 Å². The average molecular weight is 217 g/mol. The van der Waals surface area contributed by atoms with Gasteiger partial charge in [-0.1, -0.05) is 6.92 Å². The summed E-state index contributed by atoms with van der Waals surface area (Å²) in [6.07, 6.45) is 1.69. The molecule has 5 nitrogen and oxygen atoms in total. The van der Waals surface area contributed by atoms with Gasteiger partial charge >= 0.3 is 5.97 Å². The third-order valence-corrected chi connectivity index (χ3v) is 2.29. The zero-order valence-electron chi connectivity index (χ0n) is 9.19. The molecule has 0 aromatic carbocycles. The number of allylic oxidation sites excluding steroid dienone is 1. The maximum absolute atomic E-state index is 11.1. The van der Waals surface area contributed by atoms with E-state index in [1.165, 1.54) is 0 Å². The molecule has 0 saturated carbocycles. The number of carbonyl (C=O) groups excluding carboxylic acids is 1. The topological polar surface area (TPSA) is 92.8 Å². The molecule has 0 heterocycles. The first kappa shape index (κ1) is 13.9. The van der Waals surface area contributed by atoms with E-state index < -0.39 is 11.4 Å². The first-order valence-corrected chi connectivity index (χ1v) is 4.82. The highest BCUT2D eigenvalue weighted by atomic mass is 16.5. The van der Waals surface area contributed by atoms with Crippen molar-refractivity contribution in [1.29, 1.82) is 0 Å². The second kappa shape index (κ2) is 6.42. The molecule has 4 N–H and O–H groups in total. The summed E-state index contributed by atoms with van der Waals surface area (Å²) in [5.41, 5.74) is 4.89. The van der Waals surface area contributed by atoms with Gasteiger partial charge in [0.25, 0.3) is 0 Å². The van der Waals surface area contributed by atoms with Gasteiger partial charge in [-0.3, -0.25) is 0 Å². The Labute approximate surface area is 89.5 Å². The van der Waals surface area contributed by atoms with Crippen LogP contribution in [0.2, 0.25) is 0 Å². The highest BCUT2D eigenvalue weighted by Gasteiger charge is 2.28. The molecule has 15 heavy (non-hydrogen) atoms. The van der Waals surface area contributed by atoms with Crippen LogP contribution in [0.1, 0.15) is 20.3 Å². The van der Waals surface area contributed by atoms with Gasteiger partial charge in [0, 0.05) is 11.8 Å². The fraction of sp³-hybridized carbons (Fsp3) is 0.700. The van der Waals surface area contributed by atoms with Crippen LogP contribution in [0, 0.1) is 5.41 Å². The molecule has 0 aromatic rings. The maximum Gasteiger partial charge on any atom is 0.332 e. The molecule has 0 aromatic heterocycles. The second-order valence-electron chi connectivity index (χ2n) is 3.67. The minimum atomic E-state index is -0.758. The van der Waals surface area contributed by atoms with Crippen LogP contribution in [0.25, 0.3) is 0 Å². The van der Waals surface area contributed by atoms with Crippen LogP contribution >= 0.6 is 0 Å². The Morgan fingerprint density at radius 2 is 2.00 bits per heavy atom. The third kappa shape index (κ3) is 4.80. The van der Waals surface area contributed by atoms with Crippen molar-refractivity contribution in [3.8, 4) is 0 Å². The standard InChI is InChI=1S/C10H19NO4/c1-3-10(5-12,6-13)7-15-9(14)4-8(2)11/h4,12-13H,3,5-7,11H2,1-2H3. The number of nitrogens with two attached hydrogens (primary N) is 1. The normalized spacial score (nSPS) is 12.7. The third-order valence-electron chi connectivity index (χ3n) is 2.29. The van der Waals surface area contributed by atoms with Crippen LogP contribution in [-0.4, -0.2) is 36.0 Å². The highest BCUT2D eigenvalue weighted by molar-refractivity contribution is 5.82. The molecule has 0 aliphatic carbocycles. The molecule has 0 bridgehead atoms. The Morgan fingerprint density at radius 1 is 1.47 bits per heavy atom. The number of aliphatic hydroxyl groups excluding tert-OH is 2. The SMILES string of the molecule is CCC(CO)(CO)COC(=O)C=C(C)N. The quantitative estimate of drug-likeness (QED) is 0.422. The van der Waals surface area contributed by atoms with E-state index in [1.54, 1.807) is 6.92 Å². The lowest BCUT2D eigenvalue weighted by atomic mass is 9.88. The van der Waals surface area contributed by atoms with Crippen LogP contribution in [0.3, 0.4) is 0 Å². The van der Waals surface area contributed by atoms with Crippen molar-refractivity contribution in [3.63, 3.8) is 0 Å². The van der Waals surface area contributed by atoms with E-state index >= 15 is 0 Å². The van der Waals surface area contributed by atoms with E-state index in [4.69, 9.17) is 20.7 Å². The largest absolute Gasteiger partial charge is 0.462 e. The lowest BCUT2D eigenvalue weighted by molar-refractivity contribution is -0.143. The molecule has 0 aliphatic rings. The summed E-state index contributed by atoms with van der Waals surface area (Å²) in [6.45, 7) is 2.92. The monoisotopic (exact) mass is 217 g/mol. The molecule has 0 rings (SSSR count). The van der Waals surface area contributed by atoms with Gasteiger partial charge in [-0.25, -0.2) is 4.79 Å². The minimum absolute atomic E-state index is 0.0148. The van der Waals surface area contributed by atoms with E-state index in [0.717, 1.165) is 6.08 Å². The molecule has 0 aliphatic heterocycles. The van der Waals surface area contributed by atoms with E-state index in [2.05, 4.69) is 0 Å². The Balaban J connectivity index is 4.23. The Morgan fingerprint density at radius 3 is 2.33 bits per heavy atom. The van der Waals surface area contributed by atoms with Crippen LogP contribution in [0.4, 0.5) is 0 Å². The van der Waals surface area contributed by atoms with Gasteiger partial charge < -0.3 is 20.7 Å². The van der Waals surface area contributed by atoms with Crippen LogP contribution in [0.15, 0.2) is 11.8 Å². The molecular weight excluding hydrogens is 198 g/mol. The number of hydrogen-bond acceptors (Lipinski definition) is 5. The Kier molecular flexibility index (Phi) is 5.96. The van der Waals surface area contributed by atoms with Crippen molar-refractivity contribution in [2.75, 3.05) is 19.8 Å². The first-order chi connectivity index (χ1) is 6.99. The number of hydrogen-bond donors (Lipinski definition) is 3. The fourth-order valence-electron chi connectivity index (χ4n) is 0.919. The number of aliphatic hydroxyl groups is 2. The lowest BCUT2D eigenvalue weighted by Gasteiger charge is -2.27. The van der Waals surface area contributed by atoms with Gasteiger partial charge in [-0.05, 0) is 13.3 Å². The molecule has 88 valence electrons. The van der Waals surface area contributed by atoms with E-state index in [1.807, 2.05) is 6.92 Å². The Bertz CT molecular complexity index is 221. The zero-order valence-corrected chi connectivity index (χ0v) is 9.19. The number of rotatable bonds is 6. The van der Waals surface area contributed by atoms with Crippen molar-refractivity contribution < 1.29 is 19.7 Å². The number of ether oxygens (including phenoxy) is 1.